The number of benzene rings is 1. The Morgan fingerprint density at radius 1 is 1.24 bits per heavy atom. The monoisotopic (exact) mass is 248 g/mol. The van der Waals surface area contributed by atoms with E-state index >= 15 is 0 Å². The van der Waals surface area contributed by atoms with Gasteiger partial charge in [0.2, 0.25) is 0 Å². The molecule has 0 spiro atoms. The van der Waals surface area contributed by atoms with Crippen molar-refractivity contribution in [1.29, 1.82) is 0 Å². The second-order valence-electron chi connectivity index (χ2n) is 3.58. The maximum absolute atomic E-state index is 12.2. The van der Waals surface area contributed by atoms with Crippen LogP contribution >= 0.6 is 0 Å². The number of carboxylic acids is 1. The number of carboxylic acid groups (broad SMARTS) is 1. The molecule has 0 aliphatic heterocycles. The van der Waals surface area contributed by atoms with E-state index in [0.717, 1.165) is 12.1 Å². The third-order valence-corrected chi connectivity index (χ3v) is 2.23. The predicted molar refractivity (Wildman–Crippen MR) is 53.4 cm³/mol. The molecule has 0 saturated heterocycles. The Kier molecular flexibility index (Phi) is 4.11. The number of hydrogen-bond donors (Lipinski definition) is 2. The van der Waals surface area contributed by atoms with Gasteiger partial charge < -0.3 is 10.2 Å². The second-order valence-corrected chi connectivity index (χ2v) is 3.58. The van der Waals surface area contributed by atoms with Gasteiger partial charge in [-0.1, -0.05) is 24.3 Å². The van der Waals surface area contributed by atoms with Crippen LogP contribution in [0.5, 0.6) is 0 Å². The molecule has 0 radical (unpaired) electrons. The number of carbonyl (C=O) groups is 1. The van der Waals surface area contributed by atoms with E-state index in [0.29, 0.717) is 5.56 Å². The molecule has 0 saturated carbocycles. The van der Waals surface area contributed by atoms with E-state index in [-0.39, 0.29) is 18.4 Å². The number of aliphatic hydroxyl groups excluding tert-OH is 1. The summed E-state index contributed by atoms with van der Waals surface area (Å²) >= 11 is 0. The van der Waals surface area contributed by atoms with Gasteiger partial charge >= 0.3 is 12.1 Å². The van der Waals surface area contributed by atoms with E-state index in [1.54, 1.807) is 0 Å². The topological polar surface area (TPSA) is 57.5 Å². The van der Waals surface area contributed by atoms with E-state index in [9.17, 15) is 18.0 Å². The van der Waals surface area contributed by atoms with Crippen molar-refractivity contribution in [2.24, 2.45) is 0 Å². The third kappa shape index (κ3) is 4.07. The third-order valence-electron chi connectivity index (χ3n) is 2.23. The highest BCUT2D eigenvalue weighted by Gasteiger charge is 2.39. The molecule has 17 heavy (non-hydrogen) atoms. The van der Waals surface area contributed by atoms with Crippen molar-refractivity contribution in [2.45, 2.75) is 25.1 Å². The van der Waals surface area contributed by atoms with Crippen LogP contribution in [-0.2, 0) is 11.2 Å². The lowest BCUT2D eigenvalue weighted by Gasteiger charge is -2.14. The fourth-order valence-electron chi connectivity index (χ4n) is 1.31. The number of aliphatic carboxylic acids is 1. The average Bonchev–Trinajstić information content (AvgIpc) is 2.25. The lowest BCUT2D eigenvalue weighted by atomic mass is 10.0. The molecule has 1 atom stereocenters. The fourth-order valence-corrected chi connectivity index (χ4v) is 1.31. The highest BCUT2D eigenvalue weighted by molar-refractivity contribution is 5.67. The maximum atomic E-state index is 12.2. The van der Waals surface area contributed by atoms with E-state index in [1.165, 1.54) is 12.1 Å². The number of hydrogen-bond acceptors (Lipinski definition) is 2. The second kappa shape index (κ2) is 5.18. The largest absolute Gasteiger partial charge is 0.481 e. The van der Waals surface area contributed by atoms with Gasteiger partial charge in [-0.2, -0.15) is 13.2 Å². The van der Waals surface area contributed by atoms with Crippen LogP contribution in [0.4, 0.5) is 13.2 Å². The van der Waals surface area contributed by atoms with E-state index in [2.05, 4.69) is 0 Å². The molecule has 0 aromatic heterocycles. The van der Waals surface area contributed by atoms with Crippen molar-refractivity contribution in [3.05, 3.63) is 35.4 Å². The summed E-state index contributed by atoms with van der Waals surface area (Å²) in [6.07, 6.45) is -7.03. The summed E-state index contributed by atoms with van der Waals surface area (Å²) in [4.78, 5) is 10.3. The highest BCUT2D eigenvalue weighted by Crippen LogP contribution is 2.32. The molecule has 0 aliphatic carbocycles. The number of aliphatic hydroxyl groups is 1. The standard InChI is InChI=1S/C11H11F3O3/c12-11(13,14)10(17)8-4-1-7(2-5-8)3-6-9(15)16/h1-2,4-5,10,17H,3,6H2,(H,15,16). The minimum Gasteiger partial charge on any atom is -0.481 e. The SMILES string of the molecule is O=C(O)CCc1ccc(C(O)C(F)(F)F)cc1. The number of aryl methyl sites for hydroxylation is 1. The molecule has 0 aliphatic rings. The highest BCUT2D eigenvalue weighted by atomic mass is 19.4. The first kappa shape index (κ1) is 13.5. The Balaban J connectivity index is 2.71. The van der Waals surface area contributed by atoms with Crippen LogP contribution in [0.3, 0.4) is 0 Å². The summed E-state index contributed by atoms with van der Waals surface area (Å²) in [6.45, 7) is 0. The van der Waals surface area contributed by atoms with Crippen LogP contribution in [0.2, 0.25) is 0 Å². The van der Waals surface area contributed by atoms with Crippen LogP contribution in [-0.4, -0.2) is 22.4 Å². The van der Waals surface area contributed by atoms with Gasteiger partial charge in [-0.15, -0.1) is 0 Å². The molecule has 1 unspecified atom stereocenters. The predicted octanol–water partition coefficient (Wildman–Crippen LogP) is 2.30. The molecule has 0 bridgehead atoms. The number of alkyl halides is 3. The summed E-state index contributed by atoms with van der Waals surface area (Å²) in [5.41, 5.74) is 0.363. The van der Waals surface area contributed by atoms with Crippen molar-refractivity contribution in [3.63, 3.8) is 0 Å². The maximum Gasteiger partial charge on any atom is 0.418 e. The first-order valence-corrected chi connectivity index (χ1v) is 4.86. The van der Waals surface area contributed by atoms with Gasteiger partial charge in [-0.25, -0.2) is 0 Å². The minimum atomic E-state index is -4.69. The van der Waals surface area contributed by atoms with E-state index < -0.39 is 18.2 Å². The van der Waals surface area contributed by atoms with Crippen molar-refractivity contribution in [2.75, 3.05) is 0 Å². The van der Waals surface area contributed by atoms with Crippen LogP contribution in [0.15, 0.2) is 24.3 Å². The van der Waals surface area contributed by atoms with Gasteiger partial charge in [0.1, 0.15) is 0 Å². The lowest BCUT2D eigenvalue weighted by molar-refractivity contribution is -0.206. The molecule has 6 heteroatoms. The number of halogens is 3. The molecule has 1 aromatic carbocycles. The molecule has 94 valence electrons. The summed E-state index contributed by atoms with van der Waals surface area (Å²) in [5.74, 6) is -0.968. The fraction of sp³-hybridized carbons (Fsp3) is 0.364. The summed E-state index contributed by atoms with van der Waals surface area (Å²) < 4.78 is 36.5. The molecular formula is C11H11F3O3. The van der Waals surface area contributed by atoms with Crippen LogP contribution in [0.1, 0.15) is 23.7 Å². The van der Waals surface area contributed by atoms with Crippen molar-refractivity contribution in [3.8, 4) is 0 Å². The molecule has 0 fully saturated rings. The van der Waals surface area contributed by atoms with Gasteiger partial charge in [0.25, 0.3) is 0 Å². The van der Waals surface area contributed by atoms with Crippen LogP contribution < -0.4 is 0 Å². The quantitative estimate of drug-likeness (QED) is 0.859. The normalized spacial score (nSPS) is 13.4. The molecule has 1 rings (SSSR count). The molecule has 3 nitrogen and oxygen atoms in total. The van der Waals surface area contributed by atoms with Gasteiger partial charge in [0, 0.05) is 6.42 Å². The van der Waals surface area contributed by atoms with Gasteiger partial charge in [-0.05, 0) is 17.5 Å². The van der Waals surface area contributed by atoms with Crippen LogP contribution in [0.25, 0.3) is 0 Å². The van der Waals surface area contributed by atoms with E-state index in [4.69, 9.17) is 10.2 Å². The average molecular weight is 248 g/mol. The Morgan fingerprint density at radius 2 is 1.76 bits per heavy atom. The van der Waals surface area contributed by atoms with Crippen LogP contribution in [0, 0.1) is 0 Å². The number of rotatable bonds is 4. The van der Waals surface area contributed by atoms with Crippen molar-refractivity contribution >= 4 is 5.97 Å². The Morgan fingerprint density at radius 3 is 2.18 bits per heavy atom. The molecule has 0 heterocycles. The van der Waals surface area contributed by atoms with Gasteiger partial charge in [0.05, 0.1) is 0 Å². The zero-order valence-corrected chi connectivity index (χ0v) is 8.74. The zero-order chi connectivity index (χ0) is 13.1. The summed E-state index contributed by atoms with van der Waals surface area (Å²) in [6, 6.07) is 5.06. The first-order valence-electron chi connectivity index (χ1n) is 4.86. The van der Waals surface area contributed by atoms with Crippen molar-refractivity contribution in [1.82, 2.24) is 0 Å². The molecule has 2 N–H and O–H groups in total. The molecule has 1 aromatic rings. The summed E-state index contributed by atoms with van der Waals surface area (Å²) in [5, 5.41) is 17.4. The smallest absolute Gasteiger partial charge is 0.418 e. The molecular weight excluding hydrogens is 237 g/mol. The van der Waals surface area contributed by atoms with Gasteiger partial charge in [-0.3, -0.25) is 4.79 Å². The first-order chi connectivity index (χ1) is 7.80. The Hall–Kier alpha value is -1.56. The zero-order valence-electron chi connectivity index (χ0n) is 8.74. The Labute approximate surface area is 95.5 Å². The lowest BCUT2D eigenvalue weighted by Crippen LogP contribution is -2.20. The van der Waals surface area contributed by atoms with Crippen molar-refractivity contribution < 1.29 is 28.2 Å². The van der Waals surface area contributed by atoms with Gasteiger partial charge in [0.15, 0.2) is 6.10 Å². The summed E-state index contributed by atoms with van der Waals surface area (Å²) in [7, 11) is 0. The molecule has 0 amide bonds. The minimum absolute atomic E-state index is 0.0822. The Bertz CT molecular complexity index is 384. The van der Waals surface area contributed by atoms with E-state index in [1.807, 2.05) is 0 Å².